The van der Waals surface area contributed by atoms with E-state index < -0.39 is 6.10 Å². The fourth-order valence-electron chi connectivity index (χ4n) is 4.95. The van der Waals surface area contributed by atoms with Crippen LogP contribution in [0.15, 0.2) is 72.9 Å². The third-order valence-corrected chi connectivity index (χ3v) is 6.69. The van der Waals surface area contributed by atoms with Gasteiger partial charge in [-0.3, -0.25) is 4.90 Å². The maximum atomic E-state index is 10.6. The second-order valence-electron chi connectivity index (χ2n) is 8.83. The molecule has 0 aliphatic carbocycles. The summed E-state index contributed by atoms with van der Waals surface area (Å²) in [4.78, 5) is 5.60. The van der Waals surface area contributed by atoms with Crippen molar-refractivity contribution in [2.45, 2.75) is 37.8 Å². The predicted molar refractivity (Wildman–Crippen MR) is 127 cm³/mol. The maximum Gasteiger partial charge on any atom is 0.128 e. The van der Waals surface area contributed by atoms with Gasteiger partial charge < -0.3 is 14.8 Å². The van der Waals surface area contributed by atoms with Crippen LogP contribution >= 0.6 is 0 Å². The summed E-state index contributed by atoms with van der Waals surface area (Å²) in [6.07, 6.45) is 3.65. The number of ether oxygens (including phenoxy) is 1. The molecule has 5 rings (SSSR count). The largest absolute Gasteiger partial charge is 0.490 e. The van der Waals surface area contributed by atoms with Crippen molar-refractivity contribution >= 4 is 21.7 Å². The molecule has 160 valence electrons. The zero-order valence-corrected chi connectivity index (χ0v) is 18.0. The first-order chi connectivity index (χ1) is 15.2. The number of nitrogens with one attached hydrogen (secondary N) is 1. The number of β-amino-alcohol motifs (C(OH)–C–C–N with tert-alkyl or cyclic N) is 1. The Morgan fingerprint density at radius 1 is 1.06 bits per heavy atom. The molecule has 1 aliphatic rings. The summed E-state index contributed by atoms with van der Waals surface area (Å²) >= 11 is 0. The molecule has 1 aromatic heterocycles. The summed E-state index contributed by atoms with van der Waals surface area (Å²) in [5.41, 5.74) is 2.49. The molecule has 4 aromatic rings. The molecule has 0 saturated carbocycles. The molecule has 0 amide bonds. The standard InChI is InChI=1S/C27H30N2O2/c1-19-15-23(22-10-9-20-5-2-3-6-21(20)16-22)12-14-29(19)17-24(30)18-31-27-8-4-7-26-25(27)11-13-28-26/h2-11,13,16,19,23-24,28,30H,12,14-15,17-18H2,1H3/t19-,23-,24-/m0/s1. The van der Waals surface area contributed by atoms with Crippen molar-refractivity contribution in [3.8, 4) is 5.75 Å². The topological polar surface area (TPSA) is 48.5 Å². The maximum absolute atomic E-state index is 10.6. The minimum atomic E-state index is -0.506. The molecule has 0 spiro atoms. The highest BCUT2D eigenvalue weighted by atomic mass is 16.5. The third kappa shape index (κ3) is 4.32. The van der Waals surface area contributed by atoms with Crippen molar-refractivity contribution < 1.29 is 9.84 Å². The number of hydrogen-bond acceptors (Lipinski definition) is 3. The van der Waals surface area contributed by atoms with Gasteiger partial charge in [0.15, 0.2) is 0 Å². The number of aromatic nitrogens is 1. The normalized spacial score (nSPS) is 20.8. The van der Waals surface area contributed by atoms with E-state index in [-0.39, 0.29) is 0 Å². The molecule has 31 heavy (non-hydrogen) atoms. The Hall–Kier alpha value is -2.82. The van der Waals surface area contributed by atoms with Crippen LogP contribution in [0.2, 0.25) is 0 Å². The van der Waals surface area contributed by atoms with Gasteiger partial charge in [-0.1, -0.05) is 48.5 Å². The number of aliphatic hydroxyl groups excluding tert-OH is 1. The number of benzene rings is 3. The van der Waals surface area contributed by atoms with E-state index in [0.717, 1.165) is 36.0 Å². The van der Waals surface area contributed by atoms with E-state index in [2.05, 4.69) is 59.3 Å². The van der Waals surface area contributed by atoms with E-state index >= 15 is 0 Å². The molecule has 1 aliphatic heterocycles. The molecule has 0 bridgehead atoms. The van der Waals surface area contributed by atoms with E-state index in [1.807, 2.05) is 30.5 Å². The Morgan fingerprint density at radius 2 is 1.94 bits per heavy atom. The van der Waals surface area contributed by atoms with Crippen molar-refractivity contribution in [3.05, 3.63) is 78.5 Å². The van der Waals surface area contributed by atoms with Crippen LogP contribution in [0, 0.1) is 0 Å². The minimum Gasteiger partial charge on any atom is -0.490 e. The quantitative estimate of drug-likeness (QED) is 0.448. The fourth-order valence-corrected chi connectivity index (χ4v) is 4.95. The Kier molecular flexibility index (Phi) is 5.66. The van der Waals surface area contributed by atoms with Gasteiger partial charge in [0, 0.05) is 29.7 Å². The van der Waals surface area contributed by atoms with E-state index in [1.165, 1.54) is 16.3 Å². The summed E-state index contributed by atoms with van der Waals surface area (Å²) in [5.74, 6) is 1.40. The third-order valence-electron chi connectivity index (χ3n) is 6.69. The van der Waals surface area contributed by atoms with Crippen molar-refractivity contribution in [1.29, 1.82) is 0 Å². The lowest BCUT2D eigenvalue weighted by atomic mass is 9.85. The van der Waals surface area contributed by atoms with Gasteiger partial charge in [0.25, 0.3) is 0 Å². The number of H-pyrrole nitrogens is 1. The summed E-state index contributed by atoms with van der Waals surface area (Å²) in [5, 5.41) is 14.3. The number of fused-ring (bicyclic) bond motifs is 2. The average Bonchev–Trinajstić information content (AvgIpc) is 3.28. The Morgan fingerprint density at radius 3 is 2.81 bits per heavy atom. The number of aliphatic hydroxyl groups is 1. The molecule has 1 saturated heterocycles. The van der Waals surface area contributed by atoms with Crippen LogP contribution < -0.4 is 4.74 Å². The molecule has 3 aromatic carbocycles. The van der Waals surface area contributed by atoms with Gasteiger partial charge in [0.2, 0.25) is 0 Å². The Balaban J connectivity index is 1.17. The highest BCUT2D eigenvalue weighted by Crippen LogP contribution is 2.33. The smallest absolute Gasteiger partial charge is 0.128 e. The SMILES string of the molecule is C[C@H]1C[C@@H](c2ccc3ccccc3c2)CCN1C[C@H](O)COc1cccc2[nH]ccc12. The van der Waals surface area contributed by atoms with Crippen LogP contribution in [0.25, 0.3) is 21.7 Å². The molecule has 2 heterocycles. The van der Waals surface area contributed by atoms with Crippen molar-refractivity contribution in [3.63, 3.8) is 0 Å². The summed E-state index contributed by atoms with van der Waals surface area (Å²) in [6.45, 7) is 4.24. The summed E-state index contributed by atoms with van der Waals surface area (Å²) < 4.78 is 5.95. The van der Waals surface area contributed by atoms with E-state index in [4.69, 9.17) is 4.74 Å². The average molecular weight is 415 g/mol. The first-order valence-corrected chi connectivity index (χ1v) is 11.3. The van der Waals surface area contributed by atoms with Crippen LogP contribution in [0.5, 0.6) is 5.75 Å². The van der Waals surface area contributed by atoms with Gasteiger partial charge in [0.1, 0.15) is 18.5 Å². The molecular weight excluding hydrogens is 384 g/mol. The number of piperidine rings is 1. The monoisotopic (exact) mass is 414 g/mol. The molecule has 0 unspecified atom stereocenters. The van der Waals surface area contributed by atoms with Crippen LogP contribution in [0.3, 0.4) is 0 Å². The molecule has 2 N–H and O–H groups in total. The van der Waals surface area contributed by atoms with Gasteiger partial charge in [-0.2, -0.15) is 0 Å². The van der Waals surface area contributed by atoms with Gasteiger partial charge >= 0.3 is 0 Å². The molecule has 0 radical (unpaired) electrons. The molecular formula is C27H30N2O2. The predicted octanol–water partition coefficient (Wildman–Crippen LogP) is 5.33. The summed E-state index contributed by atoms with van der Waals surface area (Å²) in [6, 6.07) is 23.9. The zero-order valence-electron chi connectivity index (χ0n) is 18.0. The highest BCUT2D eigenvalue weighted by Gasteiger charge is 2.28. The molecule has 4 heteroatoms. The number of likely N-dealkylation sites (tertiary alicyclic amines) is 1. The Labute approximate surface area is 183 Å². The van der Waals surface area contributed by atoms with Crippen molar-refractivity contribution in [2.24, 2.45) is 0 Å². The first-order valence-electron chi connectivity index (χ1n) is 11.3. The zero-order chi connectivity index (χ0) is 21.2. The Bertz CT molecular complexity index is 1170. The van der Waals surface area contributed by atoms with Crippen molar-refractivity contribution in [1.82, 2.24) is 9.88 Å². The van der Waals surface area contributed by atoms with Crippen LogP contribution in [0.1, 0.15) is 31.2 Å². The van der Waals surface area contributed by atoms with Gasteiger partial charge in [-0.25, -0.2) is 0 Å². The fraction of sp³-hybridized carbons (Fsp3) is 0.333. The van der Waals surface area contributed by atoms with Crippen LogP contribution in [-0.2, 0) is 0 Å². The molecule has 1 fully saturated rings. The second-order valence-corrected chi connectivity index (χ2v) is 8.83. The molecule has 4 nitrogen and oxygen atoms in total. The van der Waals surface area contributed by atoms with Gasteiger partial charge in [-0.15, -0.1) is 0 Å². The van der Waals surface area contributed by atoms with Crippen LogP contribution in [0.4, 0.5) is 0 Å². The first kappa shape index (κ1) is 20.1. The van der Waals surface area contributed by atoms with E-state index in [9.17, 15) is 5.11 Å². The second kappa shape index (κ2) is 8.74. The van der Waals surface area contributed by atoms with Crippen molar-refractivity contribution in [2.75, 3.05) is 19.7 Å². The number of hydrogen-bond donors (Lipinski definition) is 2. The van der Waals surface area contributed by atoms with E-state index in [1.54, 1.807) is 0 Å². The van der Waals surface area contributed by atoms with E-state index in [0.29, 0.717) is 25.1 Å². The number of nitrogens with zero attached hydrogens (tertiary/aromatic N) is 1. The highest BCUT2D eigenvalue weighted by molar-refractivity contribution is 5.85. The lowest BCUT2D eigenvalue weighted by Crippen LogP contribution is -2.45. The lowest BCUT2D eigenvalue weighted by molar-refractivity contribution is 0.0406. The number of aromatic amines is 1. The summed E-state index contributed by atoms with van der Waals surface area (Å²) in [7, 11) is 0. The van der Waals surface area contributed by atoms with Gasteiger partial charge in [-0.05, 0) is 66.8 Å². The van der Waals surface area contributed by atoms with Crippen LogP contribution in [-0.4, -0.2) is 46.8 Å². The molecule has 3 atom stereocenters. The number of rotatable bonds is 6. The van der Waals surface area contributed by atoms with Gasteiger partial charge in [0.05, 0.1) is 0 Å². The lowest BCUT2D eigenvalue weighted by Gasteiger charge is -2.39. The minimum absolute atomic E-state index is 0.307.